The van der Waals surface area contributed by atoms with Crippen molar-refractivity contribution in [3.8, 4) is 0 Å². The molecule has 72 valence electrons. The van der Waals surface area contributed by atoms with Crippen molar-refractivity contribution < 1.29 is 0 Å². The van der Waals surface area contributed by atoms with Gasteiger partial charge in [0.15, 0.2) is 5.16 Å². The zero-order valence-electron chi connectivity index (χ0n) is 8.24. The van der Waals surface area contributed by atoms with E-state index in [1.165, 1.54) is 0 Å². The Hall–Kier alpha value is -0.610. The molecule has 1 atom stereocenters. The largest absolute Gasteiger partial charge is 0.327 e. The van der Waals surface area contributed by atoms with Gasteiger partial charge in [0.25, 0.3) is 0 Å². The van der Waals surface area contributed by atoms with Crippen LogP contribution in [-0.2, 0) is 0 Å². The van der Waals surface area contributed by atoms with Crippen LogP contribution in [0.5, 0.6) is 0 Å². The van der Waals surface area contributed by atoms with E-state index in [4.69, 9.17) is 5.73 Å². The molecule has 0 spiro atoms. The Morgan fingerprint density at radius 3 is 2.38 bits per heavy atom. The predicted octanol–water partition coefficient (Wildman–Crippen LogP) is 1.53. The summed E-state index contributed by atoms with van der Waals surface area (Å²) < 4.78 is 0. The summed E-state index contributed by atoms with van der Waals surface area (Å²) in [6.07, 6.45) is 0. The van der Waals surface area contributed by atoms with E-state index in [-0.39, 0.29) is 6.04 Å². The zero-order chi connectivity index (χ0) is 9.84. The standard InChI is InChI=1S/C9H15N3S/c1-6(10)5-13-9-11-7(2)4-8(3)12-9/h4,6H,5,10H2,1-3H3/t6-/m1/s1. The van der Waals surface area contributed by atoms with Gasteiger partial charge >= 0.3 is 0 Å². The quantitative estimate of drug-likeness (QED) is 0.590. The number of thioether (sulfide) groups is 1. The Morgan fingerprint density at radius 2 is 1.92 bits per heavy atom. The predicted molar refractivity (Wildman–Crippen MR) is 55.9 cm³/mol. The van der Waals surface area contributed by atoms with Gasteiger partial charge < -0.3 is 5.73 Å². The average Bonchev–Trinajstić information content (AvgIpc) is 1.99. The van der Waals surface area contributed by atoms with Gasteiger partial charge in [-0.2, -0.15) is 0 Å². The lowest BCUT2D eigenvalue weighted by Crippen LogP contribution is -2.17. The van der Waals surface area contributed by atoms with E-state index in [1.54, 1.807) is 11.8 Å². The highest BCUT2D eigenvalue weighted by molar-refractivity contribution is 7.99. The van der Waals surface area contributed by atoms with Gasteiger partial charge in [-0.15, -0.1) is 0 Å². The topological polar surface area (TPSA) is 51.8 Å². The molecule has 0 fully saturated rings. The highest BCUT2D eigenvalue weighted by atomic mass is 32.2. The van der Waals surface area contributed by atoms with E-state index in [1.807, 2.05) is 26.8 Å². The number of aryl methyl sites for hydroxylation is 2. The van der Waals surface area contributed by atoms with Crippen molar-refractivity contribution in [1.82, 2.24) is 9.97 Å². The second kappa shape index (κ2) is 4.58. The van der Waals surface area contributed by atoms with Crippen LogP contribution < -0.4 is 5.73 Å². The van der Waals surface area contributed by atoms with Crippen molar-refractivity contribution >= 4 is 11.8 Å². The van der Waals surface area contributed by atoms with Gasteiger partial charge in [-0.3, -0.25) is 0 Å². The number of nitrogens with zero attached hydrogens (tertiary/aromatic N) is 2. The van der Waals surface area contributed by atoms with Crippen LogP contribution in [-0.4, -0.2) is 21.8 Å². The molecule has 1 heterocycles. The zero-order valence-corrected chi connectivity index (χ0v) is 9.06. The maximum absolute atomic E-state index is 5.64. The van der Waals surface area contributed by atoms with Gasteiger partial charge in [-0.1, -0.05) is 11.8 Å². The Labute approximate surface area is 83.2 Å². The first kappa shape index (κ1) is 10.5. The summed E-state index contributed by atoms with van der Waals surface area (Å²) in [6.45, 7) is 5.94. The van der Waals surface area contributed by atoms with Crippen LogP contribution in [0, 0.1) is 13.8 Å². The lowest BCUT2D eigenvalue weighted by molar-refractivity contribution is 0.837. The van der Waals surface area contributed by atoms with E-state index in [2.05, 4.69) is 9.97 Å². The summed E-state index contributed by atoms with van der Waals surface area (Å²) >= 11 is 1.61. The Kier molecular flexibility index (Phi) is 3.69. The molecule has 1 rings (SSSR count). The molecule has 1 aromatic heterocycles. The van der Waals surface area contributed by atoms with Crippen LogP contribution >= 0.6 is 11.8 Å². The summed E-state index contributed by atoms with van der Waals surface area (Å²) in [5, 5.41) is 0.829. The number of hydrogen-bond donors (Lipinski definition) is 1. The first-order valence-corrected chi connectivity index (χ1v) is 5.27. The van der Waals surface area contributed by atoms with Crippen molar-refractivity contribution in [1.29, 1.82) is 0 Å². The van der Waals surface area contributed by atoms with Crippen molar-refractivity contribution in [2.75, 3.05) is 5.75 Å². The molecule has 0 saturated heterocycles. The SMILES string of the molecule is Cc1cc(C)nc(SC[C@@H](C)N)n1. The molecule has 1 aromatic rings. The minimum atomic E-state index is 0.189. The van der Waals surface area contributed by atoms with Gasteiger partial charge in [0, 0.05) is 23.2 Å². The summed E-state index contributed by atoms with van der Waals surface area (Å²) in [4.78, 5) is 8.60. The molecule has 0 unspecified atom stereocenters. The Balaban J connectivity index is 2.66. The summed E-state index contributed by atoms with van der Waals surface area (Å²) in [7, 11) is 0. The fourth-order valence-corrected chi connectivity index (χ4v) is 1.79. The summed E-state index contributed by atoms with van der Waals surface area (Å²) in [5.74, 6) is 0.864. The van der Waals surface area contributed by atoms with Crippen LogP contribution in [0.25, 0.3) is 0 Å². The first-order valence-electron chi connectivity index (χ1n) is 4.28. The third-order valence-corrected chi connectivity index (χ3v) is 2.57. The highest BCUT2D eigenvalue weighted by Gasteiger charge is 2.01. The van der Waals surface area contributed by atoms with Gasteiger partial charge in [0.2, 0.25) is 0 Å². The molecule has 0 saturated carbocycles. The van der Waals surface area contributed by atoms with Gasteiger partial charge in [-0.05, 0) is 26.8 Å². The van der Waals surface area contributed by atoms with Gasteiger partial charge in [0.1, 0.15) is 0 Å². The minimum absolute atomic E-state index is 0.189. The van der Waals surface area contributed by atoms with E-state index in [9.17, 15) is 0 Å². The lowest BCUT2D eigenvalue weighted by atomic mass is 10.4. The maximum Gasteiger partial charge on any atom is 0.188 e. The van der Waals surface area contributed by atoms with E-state index in [0.717, 1.165) is 22.3 Å². The second-order valence-corrected chi connectivity index (χ2v) is 4.21. The highest BCUT2D eigenvalue weighted by Crippen LogP contribution is 2.14. The Morgan fingerprint density at radius 1 is 1.38 bits per heavy atom. The number of hydrogen-bond acceptors (Lipinski definition) is 4. The molecular formula is C9H15N3S. The van der Waals surface area contributed by atoms with Crippen molar-refractivity contribution in [2.45, 2.75) is 32.0 Å². The molecule has 0 bridgehead atoms. The molecule has 0 aliphatic carbocycles. The molecule has 2 N–H and O–H groups in total. The lowest BCUT2D eigenvalue weighted by Gasteiger charge is -2.04. The average molecular weight is 197 g/mol. The van der Waals surface area contributed by atoms with Gasteiger partial charge in [-0.25, -0.2) is 9.97 Å². The molecule has 13 heavy (non-hydrogen) atoms. The molecule has 0 amide bonds. The van der Waals surface area contributed by atoms with Gasteiger partial charge in [0.05, 0.1) is 0 Å². The smallest absolute Gasteiger partial charge is 0.188 e. The maximum atomic E-state index is 5.64. The molecule has 0 radical (unpaired) electrons. The molecular weight excluding hydrogens is 182 g/mol. The third kappa shape index (κ3) is 3.74. The van der Waals surface area contributed by atoms with Crippen molar-refractivity contribution in [2.24, 2.45) is 5.73 Å². The molecule has 3 nitrogen and oxygen atoms in total. The molecule has 0 aliphatic heterocycles. The summed E-state index contributed by atoms with van der Waals surface area (Å²) in [5.41, 5.74) is 7.67. The fraction of sp³-hybridized carbons (Fsp3) is 0.556. The van der Waals surface area contributed by atoms with Crippen LogP contribution in [0.2, 0.25) is 0 Å². The number of rotatable bonds is 3. The molecule has 0 aliphatic rings. The van der Waals surface area contributed by atoms with E-state index < -0.39 is 0 Å². The van der Waals surface area contributed by atoms with Crippen LogP contribution in [0.4, 0.5) is 0 Å². The fourth-order valence-electron chi connectivity index (χ4n) is 0.964. The van der Waals surface area contributed by atoms with Crippen LogP contribution in [0.3, 0.4) is 0 Å². The second-order valence-electron chi connectivity index (χ2n) is 3.22. The monoisotopic (exact) mass is 197 g/mol. The number of nitrogens with two attached hydrogens (primary N) is 1. The molecule has 0 aromatic carbocycles. The van der Waals surface area contributed by atoms with Crippen molar-refractivity contribution in [3.63, 3.8) is 0 Å². The molecule has 4 heteroatoms. The summed E-state index contributed by atoms with van der Waals surface area (Å²) in [6, 6.07) is 2.16. The first-order chi connectivity index (χ1) is 6.08. The van der Waals surface area contributed by atoms with E-state index in [0.29, 0.717) is 0 Å². The normalized spacial score (nSPS) is 12.9. The minimum Gasteiger partial charge on any atom is -0.327 e. The van der Waals surface area contributed by atoms with Crippen molar-refractivity contribution in [3.05, 3.63) is 17.5 Å². The Bertz CT molecular complexity index is 266. The number of aromatic nitrogens is 2. The van der Waals surface area contributed by atoms with Crippen LogP contribution in [0.1, 0.15) is 18.3 Å². The van der Waals surface area contributed by atoms with E-state index >= 15 is 0 Å². The van der Waals surface area contributed by atoms with Crippen LogP contribution in [0.15, 0.2) is 11.2 Å². The third-order valence-electron chi connectivity index (χ3n) is 1.44.